The van der Waals surface area contributed by atoms with Crippen LogP contribution in [0.5, 0.6) is 0 Å². The van der Waals surface area contributed by atoms with Crippen LogP contribution in [0.2, 0.25) is 0 Å². The van der Waals surface area contributed by atoms with Gasteiger partial charge in [0.1, 0.15) is 29.0 Å². The molecule has 7 rings (SSSR count). The Hall–Kier alpha value is -4.99. The second kappa shape index (κ2) is 9.02. The number of halogens is 1. The molecule has 1 aromatic carbocycles. The van der Waals surface area contributed by atoms with Gasteiger partial charge < -0.3 is 15.2 Å². The number of carbonyl (C=O) groups is 1. The summed E-state index contributed by atoms with van der Waals surface area (Å²) in [4.78, 5) is 41.1. The molecule has 1 atom stereocenters. The molecule has 1 amide bonds. The minimum atomic E-state index is -0.567. The molecule has 6 heterocycles. The minimum Gasteiger partial charge on any atom is -0.337 e. The first-order valence-electron chi connectivity index (χ1n) is 13.4. The summed E-state index contributed by atoms with van der Waals surface area (Å²) >= 11 is 0. The summed E-state index contributed by atoms with van der Waals surface area (Å²) in [6, 6.07) is 11.1. The van der Waals surface area contributed by atoms with Crippen molar-refractivity contribution in [2.45, 2.75) is 33.9 Å². The third-order valence-corrected chi connectivity index (χ3v) is 7.26. The van der Waals surface area contributed by atoms with Crippen molar-refractivity contribution in [2.75, 3.05) is 16.8 Å². The topological polar surface area (TPSA) is 112 Å². The Morgan fingerprint density at radius 3 is 2.73 bits per heavy atom. The zero-order chi connectivity index (χ0) is 28.5. The van der Waals surface area contributed by atoms with Crippen molar-refractivity contribution in [1.29, 1.82) is 0 Å². The number of amides is 1. The highest BCUT2D eigenvalue weighted by Crippen LogP contribution is 2.41. The molecule has 0 aliphatic carbocycles. The van der Waals surface area contributed by atoms with E-state index in [2.05, 4.69) is 25.3 Å². The van der Waals surface area contributed by atoms with Crippen LogP contribution in [-0.4, -0.2) is 49.2 Å². The lowest BCUT2D eigenvalue weighted by atomic mass is 9.95. The molecule has 2 aliphatic heterocycles. The smallest absolute Gasteiger partial charge is 0.229 e. The van der Waals surface area contributed by atoms with Gasteiger partial charge in [0.15, 0.2) is 5.82 Å². The number of nitrogens with zero attached hydrogens (tertiary/aromatic N) is 6. The lowest BCUT2D eigenvalue weighted by Crippen LogP contribution is -2.27. The zero-order valence-electron chi connectivity index (χ0n) is 23.0. The number of imidazole rings is 1. The van der Waals surface area contributed by atoms with E-state index in [0.29, 0.717) is 57.5 Å². The fourth-order valence-corrected chi connectivity index (χ4v) is 5.06. The number of aryl methyl sites for hydroxylation is 1. The third kappa shape index (κ3) is 4.32. The molecule has 9 nitrogen and oxygen atoms in total. The number of carbonyl (C=O) groups excluding carboxylic acids is 1. The maximum absolute atomic E-state index is 16.6. The number of nitrogens with one attached hydrogen (secondary N) is 2. The van der Waals surface area contributed by atoms with E-state index in [1.807, 2.05) is 62.9 Å². The Kier molecular flexibility index (Phi) is 5.50. The van der Waals surface area contributed by atoms with Gasteiger partial charge in [0.2, 0.25) is 5.91 Å². The summed E-state index contributed by atoms with van der Waals surface area (Å²) in [5.74, 6) is 0.432. The summed E-state index contributed by atoms with van der Waals surface area (Å²) in [6.07, 6.45) is 6.61. The summed E-state index contributed by atoms with van der Waals surface area (Å²) in [7, 11) is 0. The van der Waals surface area contributed by atoms with E-state index in [0.717, 1.165) is 16.6 Å². The van der Waals surface area contributed by atoms with Crippen molar-refractivity contribution in [1.82, 2.24) is 24.9 Å². The monoisotopic (exact) mass is 546 g/mol. The predicted molar refractivity (Wildman–Crippen MR) is 156 cm³/mol. The van der Waals surface area contributed by atoms with Gasteiger partial charge in [-0.1, -0.05) is 26.8 Å². The number of aliphatic imine (C=N–C) groups is 1. The summed E-state index contributed by atoms with van der Waals surface area (Å²) in [6.45, 7) is 8.12. The number of H-pyrrole nitrogens is 1. The molecule has 1 unspecified atom stereocenters. The number of hydrogen-bond donors (Lipinski definition) is 2. The van der Waals surface area contributed by atoms with Gasteiger partial charge in [-0.3, -0.25) is 19.8 Å². The lowest BCUT2D eigenvalue weighted by molar-refractivity contribution is -0.123. The van der Waals surface area contributed by atoms with Crippen LogP contribution in [0.15, 0.2) is 66.2 Å². The van der Waals surface area contributed by atoms with Gasteiger partial charge in [-0.15, -0.1) is 0 Å². The molecule has 10 heteroatoms. The first kappa shape index (κ1) is 25.0. The highest BCUT2D eigenvalue weighted by atomic mass is 19.1. The molecular weight excluding hydrogens is 519 g/mol. The number of fused-ring (bicyclic) bond motifs is 4. The Labute approximate surface area is 235 Å². The quantitative estimate of drug-likeness (QED) is 0.288. The molecular formula is C31H27FN8O. The van der Waals surface area contributed by atoms with E-state index in [-0.39, 0.29) is 12.1 Å². The van der Waals surface area contributed by atoms with Crippen LogP contribution < -0.4 is 10.2 Å². The maximum Gasteiger partial charge on any atom is 0.229 e. The number of pyridine rings is 3. The summed E-state index contributed by atoms with van der Waals surface area (Å²) in [5, 5.41) is 2.96. The van der Waals surface area contributed by atoms with Gasteiger partial charge in [-0.2, -0.15) is 0 Å². The van der Waals surface area contributed by atoms with Crippen molar-refractivity contribution < 1.29 is 9.18 Å². The first-order valence-corrected chi connectivity index (χ1v) is 13.4. The maximum atomic E-state index is 16.6. The summed E-state index contributed by atoms with van der Waals surface area (Å²) in [5.41, 5.74) is 5.50. The van der Waals surface area contributed by atoms with Crippen molar-refractivity contribution in [3.05, 3.63) is 84.0 Å². The van der Waals surface area contributed by atoms with Crippen molar-refractivity contribution in [3.8, 4) is 22.4 Å². The fourth-order valence-electron chi connectivity index (χ4n) is 5.06. The van der Waals surface area contributed by atoms with Crippen LogP contribution in [0.1, 0.15) is 37.7 Å². The predicted octanol–water partition coefficient (Wildman–Crippen LogP) is 5.51. The molecule has 0 spiro atoms. The van der Waals surface area contributed by atoms with E-state index in [9.17, 15) is 4.79 Å². The van der Waals surface area contributed by atoms with E-state index in [4.69, 9.17) is 9.98 Å². The molecule has 4 aromatic heterocycles. The number of anilines is 2. The Morgan fingerprint density at radius 2 is 1.95 bits per heavy atom. The second-order valence-corrected chi connectivity index (χ2v) is 11.5. The van der Waals surface area contributed by atoms with Crippen LogP contribution in [0.25, 0.3) is 33.4 Å². The van der Waals surface area contributed by atoms with E-state index >= 15 is 4.39 Å². The Bertz CT molecular complexity index is 1890. The molecule has 1 fully saturated rings. The number of hydrogen-bond acceptors (Lipinski definition) is 7. The Morgan fingerprint density at radius 1 is 1.10 bits per heavy atom. The largest absolute Gasteiger partial charge is 0.337 e. The number of rotatable bonds is 4. The number of aromatic nitrogens is 5. The average Bonchev–Trinajstić information content (AvgIpc) is 3.60. The first-order chi connectivity index (χ1) is 19.7. The van der Waals surface area contributed by atoms with Crippen molar-refractivity contribution >= 4 is 34.2 Å². The third-order valence-electron chi connectivity index (χ3n) is 7.26. The highest BCUT2D eigenvalue weighted by Gasteiger charge is 2.44. The average molecular weight is 547 g/mol. The summed E-state index contributed by atoms with van der Waals surface area (Å²) < 4.78 is 16.6. The van der Waals surface area contributed by atoms with Crippen LogP contribution in [0, 0.1) is 18.2 Å². The zero-order valence-corrected chi connectivity index (χ0v) is 23.0. The van der Waals surface area contributed by atoms with Crippen molar-refractivity contribution in [3.63, 3.8) is 0 Å². The van der Waals surface area contributed by atoms with Gasteiger partial charge in [0, 0.05) is 47.0 Å². The van der Waals surface area contributed by atoms with E-state index < -0.39 is 11.2 Å². The molecule has 1 saturated heterocycles. The molecule has 2 N–H and O–H groups in total. The van der Waals surface area contributed by atoms with Gasteiger partial charge in [0.05, 0.1) is 23.3 Å². The lowest BCUT2D eigenvalue weighted by Gasteiger charge is -2.20. The standard InChI is InChI=1S/C31H27FN8O/c1-16-10-18(12-19(11-16)36-30(41)31(2,3)4)20-14-35-29-23(24(20)32)27(38-22-15-40(22)29)28-37-21-7-9-34-25(26(21)39-28)17-6-5-8-33-13-17/h5-14,22H,15H2,1-4H3,(H,36,41)(H,37,39). The molecule has 0 radical (unpaired) electrons. The van der Waals surface area contributed by atoms with Crippen LogP contribution in [0.4, 0.5) is 15.9 Å². The van der Waals surface area contributed by atoms with Crippen molar-refractivity contribution in [2.24, 2.45) is 10.4 Å². The normalized spacial score (nSPS) is 15.8. The van der Waals surface area contributed by atoms with Crippen LogP contribution in [0.3, 0.4) is 0 Å². The van der Waals surface area contributed by atoms with E-state index in [1.165, 1.54) is 0 Å². The van der Waals surface area contributed by atoms with Gasteiger partial charge in [-0.25, -0.2) is 14.4 Å². The minimum absolute atomic E-state index is 0.0995. The van der Waals surface area contributed by atoms with E-state index in [1.54, 1.807) is 30.9 Å². The van der Waals surface area contributed by atoms with Gasteiger partial charge in [0.25, 0.3) is 0 Å². The fraction of sp³-hybridized carbons (Fsp3) is 0.226. The molecule has 41 heavy (non-hydrogen) atoms. The number of aromatic amines is 1. The second-order valence-electron chi connectivity index (χ2n) is 11.5. The molecule has 2 aliphatic rings. The molecule has 5 aromatic rings. The highest BCUT2D eigenvalue weighted by molar-refractivity contribution is 6.17. The SMILES string of the molecule is Cc1cc(NC(=O)C(C)(C)C)cc(-c2cnc3c(c2F)C(c2nc4c(-c5cccnc5)nccc4[nH]2)=NC2CN32)c1. The van der Waals surface area contributed by atoms with Crippen LogP contribution in [-0.2, 0) is 4.79 Å². The van der Waals surface area contributed by atoms with Gasteiger partial charge >= 0.3 is 0 Å². The Balaban J connectivity index is 1.34. The molecule has 0 saturated carbocycles. The molecule has 0 bridgehead atoms. The number of benzene rings is 1. The molecule has 204 valence electrons. The van der Waals surface area contributed by atoms with Gasteiger partial charge in [-0.05, 0) is 48.4 Å². The van der Waals surface area contributed by atoms with Crippen LogP contribution >= 0.6 is 0 Å².